The Bertz CT molecular complexity index is 704. The number of pyridine rings is 1. The normalized spacial score (nSPS) is 11.1. The molecule has 0 unspecified atom stereocenters. The van der Waals surface area contributed by atoms with Crippen LogP contribution < -0.4 is 0 Å². The van der Waals surface area contributed by atoms with Crippen LogP contribution in [0, 0.1) is 0 Å². The van der Waals surface area contributed by atoms with Gasteiger partial charge in [0.1, 0.15) is 5.82 Å². The molecule has 0 fully saturated rings. The second kappa shape index (κ2) is 5.35. The zero-order chi connectivity index (χ0) is 13.2. The van der Waals surface area contributed by atoms with E-state index in [0.29, 0.717) is 0 Å². The highest BCUT2D eigenvalue weighted by molar-refractivity contribution is 9.10. The fourth-order valence-electron chi connectivity index (χ4n) is 2.11. The third-order valence-electron chi connectivity index (χ3n) is 3.12. The van der Waals surface area contributed by atoms with Crippen molar-refractivity contribution in [1.29, 1.82) is 0 Å². The molecule has 1 aromatic carbocycles. The van der Waals surface area contributed by atoms with E-state index >= 15 is 0 Å². The second-order valence-corrected chi connectivity index (χ2v) is 5.80. The van der Waals surface area contributed by atoms with Crippen molar-refractivity contribution in [2.75, 3.05) is 0 Å². The van der Waals surface area contributed by atoms with Crippen molar-refractivity contribution in [3.63, 3.8) is 0 Å². The predicted molar refractivity (Wildman–Crippen MR) is 81.8 cm³/mol. The molecular weight excluding hydrogens is 324 g/mol. The molecule has 0 spiro atoms. The van der Waals surface area contributed by atoms with E-state index in [9.17, 15) is 0 Å². The Morgan fingerprint density at radius 1 is 1.05 bits per heavy atom. The Hall–Kier alpha value is -1.32. The minimum Gasteiger partial charge on any atom is -0.303 e. The average molecular weight is 336 g/mol. The number of imidazole rings is 1. The van der Waals surface area contributed by atoms with Gasteiger partial charge in [-0.05, 0) is 52.2 Å². The van der Waals surface area contributed by atoms with E-state index in [1.54, 1.807) is 0 Å². The summed E-state index contributed by atoms with van der Waals surface area (Å²) >= 11 is 9.38. The number of fused-ring (bicyclic) bond motifs is 1. The van der Waals surface area contributed by atoms with Gasteiger partial charge in [0.2, 0.25) is 0 Å². The van der Waals surface area contributed by atoms with E-state index in [2.05, 4.69) is 49.7 Å². The lowest BCUT2D eigenvalue weighted by atomic mass is 10.1. The van der Waals surface area contributed by atoms with Crippen molar-refractivity contribution in [3.8, 4) is 0 Å². The molecule has 2 aromatic heterocycles. The Labute approximate surface area is 125 Å². The van der Waals surface area contributed by atoms with Crippen LogP contribution in [-0.2, 0) is 12.8 Å². The molecule has 3 rings (SSSR count). The molecule has 0 bridgehead atoms. The number of nitrogens with zero attached hydrogens (tertiary/aromatic N) is 2. The fraction of sp³-hybridized carbons (Fsp3) is 0.133. The van der Waals surface area contributed by atoms with Gasteiger partial charge in [0.15, 0.2) is 0 Å². The first kappa shape index (κ1) is 12.7. The smallest absolute Gasteiger partial charge is 0.113 e. The molecule has 0 aliphatic rings. The summed E-state index contributed by atoms with van der Waals surface area (Å²) in [6, 6.07) is 12.1. The van der Waals surface area contributed by atoms with Crippen molar-refractivity contribution in [2.45, 2.75) is 12.8 Å². The molecule has 0 N–H and O–H groups in total. The van der Waals surface area contributed by atoms with Gasteiger partial charge in [0, 0.05) is 22.1 Å². The maximum atomic E-state index is 5.89. The molecule has 0 radical (unpaired) electrons. The standard InChI is InChI=1S/C15H12BrClN2/c16-12-4-7-14-9-18-15(19(14)10-12)8-3-11-1-5-13(17)6-2-11/h1-2,4-7,9-10H,3,8H2. The summed E-state index contributed by atoms with van der Waals surface area (Å²) in [4.78, 5) is 4.49. The van der Waals surface area contributed by atoms with E-state index in [-0.39, 0.29) is 0 Å². The molecular formula is C15H12BrClN2. The van der Waals surface area contributed by atoms with Crippen molar-refractivity contribution in [2.24, 2.45) is 0 Å². The average Bonchev–Trinajstić information content (AvgIpc) is 2.80. The van der Waals surface area contributed by atoms with Gasteiger partial charge in [-0.25, -0.2) is 4.98 Å². The molecule has 19 heavy (non-hydrogen) atoms. The van der Waals surface area contributed by atoms with Crippen LogP contribution in [0.25, 0.3) is 5.52 Å². The maximum absolute atomic E-state index is 5.89. The summed E-state index contributed by atoms with van der Waals surface area (Å²) < 4.78 is 3.19. The van der Waals surface area contributed by atoms with Gasteiger partial charge >= 0.3 is 0 Å². The number of aryl methyl sites for hydroxylation is 2. The third kappa shape index (κ3) is 2.82. The summed E-state index contributed by atoms with van der Waals surface area (Å²) in [6.07, 6.45) is 5.83. The van der Waals surface area contributed by atoms with Crippen LogP contribution in [0.5, 0.6) is 0 Å². The van der Waals surface area contributed by atoms with E-state index in [1.807, 2.05) is 24.4 Å². The number of aromatic nitrogens is 2. The Morgan fingerprint density at radius 2 is 1.84 bits per heavy atom. The monoisotopic (exact) mass is 334 g/mol. The summed E-state index contributed by atoms with van der Waals surface area (Å²) in [5.41, 5.74) is 2.39. The van der Waals surface area contributed by atoms with Gasteiger partial charge in [0.25, 0.3) is 0 Å². The predicted octanol–water partition coefficient (Wildman–Crippen LogP) is 4.54. The second-order valence-electron chi connectivity index (χ2n) is 4.44. The number of rotatable bonds is 3. The highest BCUT2D eigenvalue weighted by Crippen LogP contribution is 2.16. The van der Waals surface area contributed by atoms with Gasteiger partial charge in [0.05, 0.1) is 11.7 Å². The van der Waals surface area contributed by atoms with Crippen LogP contribution in [0.15, 0.2) is 53.3 Å². The molecule has 2 heterocycles. The van der Waals surface area contributed by atoms with Crippen LogP contribution in [0.1, 0.15) is 11.4 Å². The van der Waals surface area contributed by atoms with Gasteiger partial charge in [-0.1, -0.05) is 23.7 Å². The molecule has 3 aromatic rings. The minimum absolute atomic E-state index is 0.777. The Morgan fingerprint density at radius 3 is 2.63 bits per heavy atom. The minimum atomic E-state index is 0.777. The van der Waals surface area contributed by atoms with Gasteiger partial charge in [-0.2, -0.15) is 0 Å². The van der Waals surface area contributed by atoms with Crippen molar-refractivity contribution in [3.05, 3.63) is 69.7 Å². The molecule has 96 valence electrons. The summed E-state index contributed by atoms with van der Waals surface area (Å²) in [7, 11) is 0. The fourth-order valence-corrected chi connectivity index (χ4v) is 2.57. The lowest BCUT2D eigenvalue weighted by molar-refractivity contribution is 0.852. The molecule has 2 nitrogen and oxygen atoms in total. The maximum Gasteiger partial charge on any atom is 0.113 e. The first-order valence-corrected chi connectivity index (χ1v) is 7.25. The highest BCUT2D eigenvalue weighted by Gasteiger charge is 2.04. The Kier molecular flexibility index (Phi) is 3.58. The van der Waals surface area contributed by atoms with Gasteiger partial charge < -0.3 is 4.40 Å². The van der Waals surface area contributed by atoms with E-state index in [4.69, 9.17) is 11.6 Å². The molecule has 0 saturated carbocycles. The van der Waals surface area contributed by atoms with Crippen molar-refractivity contribution >= 4 is 33.0 Å². The summed E-state index contributed by atoms with van der Waals surface area (Å²) in [6.45, 7) is 0. The molecule has 0 amide bonds. The number of benzene rings is 1. The van der Waals surface area contributed by atoms with Gasteiger partial charge in [-0.3, -0.25) is 0 Å². The summed E-state index contributed by atoms with van der Waals surface area (Å²) in [5.74, 6) is 1.08. The highest BCUT2D eigenvalue weighted by atomic mass is 79.9. The number of halogens is 2. The SMILES string of the molecule is Clc1ccc(CCc2ncc3ccc(Br)cn23)cc1. The first-order valence-electron chi connectivity index (χ1n) is 6.08. The van der Waals surface area contributed by atoms with Crippen molar-refractivity contribution in [1.82, 2.24) is 9.38 Å². The molecule has 0 atom stereocenters. The number of hydrogen-bond acceptors (Lipinski definition) is 1. The quantitative estimate of drug-likeness (QED) is 0.687. The van der Waals surface area contributed by atoms with E-state index in [0.717, 1.165) is 33.7 Å². The van der Waals surface area contributed by atoms with Crippen LogP contribution in [0.2, 0.25) is 5.02 Å². The van der Waals surface area contributed by atoms with Crippen molar-refractivity contribution < 1.29 is 0 Å². The topological polar surface area (TPSA) is 17.3 Å². The molecule has 0 aliphatic carbocycles. The van der Waals surface area contributed by atoms with E-state index in [1.165, 1.54) is 5.56 Å². The third-order valence-corrected chi connectivity index (χ3v) is 3.84. The summed E-state index contributed by atoms with van der Waals surface area (Å²) in [5, 5.41) is 0.777. The molecule has 0 saturated heterocycles. The first-order chi connectivity index (χ1) is 9.22. The van der Waals surface area contributed by atoms with E-state index < -0.39 is 0 Å². The Balaban J connectivity index is 1.81. The zero-order valence-electron chi connectivity index (χ0n) is 10.2. The largest absolute Gasteiger partial charge is 0.303 e. The molecule has 0 aliphatic heterocycles. The van der Waals surface area contributed by atoms with Crippen LogP contribution in [0.4, 0.5) is 0 Å². The molecule has 4 heteroatoms. The van der Waals surface area contributed by atoms with Gasteiger partial charge in [-0.15, -0.1) is 0 Å². The number of hydrogen-bond donors (Lipinski definition) is 0. The lowest BCUT2D eigenvalue weighted by Crippen LogP contribution is -1.98. The van der Waals surface area contributed by atoms with Crippen LogP contribution in [0.3, 0.4) is 0 Å². The lowest BCUT2D eigenvalue weighted by Gasteiger charge is -2.03. The van der Waals surface area contributed by atoms with Crippen LogP contribution in [-0.4, -0.2) is 9.38 Å². The zero-order valence-corrected chi connectivity index (χ0v) is 12.5. The van der Waals surface area contributed by atoms with Crippen LogP contribution >= 0.6 is 27.5 Å².